The number of allylic oxidation sites excluding steroid dienone is 8. The van der Waals surface area contributed by atoms with Gasteiger partial charge in [0.2, 0.25) is 5.69 Å². The molecule has 0 unspecified atom stereocenters. The molecule has 4 rings (SSSR count). The van der Waals surface area contributed by atoms with Crippen LogP contribution in [0, 0.1) is 6.92 Å². The number of carboxylic acid groups (broad SMARTS) is 2. The maximum atomic E-state index is 12.0. The first-order valence-corrected chi connectivity index (χ1v) is 16.5. The van der Waals surface area contributed by atoms with Gasteiger partial charge in [-0.25, -0.2) is 0 Å². The summed E-state index contributed by atoms with van der Waals surface area (Å²) < 4.78 is 14.1. The van der Waals surface area contributed by atoms with Crippen LogP contribution in [0.25, 0.3) is 0 Å². The van der Waals surface area contributed by atoms with Crippen molar-refractivity contribution in [2.45, 2.75) is 65.2 Å². The second-order valence-corrected chi connectivity index (χ2v) is 14.3. The molecule has 2 aliphatic rings. The zero-order valence-electron chi connectivity index (χ0n) is 26.6. The van der Waals surface area contributed by atoms with Crippen molar-refractivity contribution in [3.05, 3.63) is 101 Å². The van der Waals surface area contributed by atoms with E-state index >= 15 is 0 Å². The molecule has 4 N–H and O–H groups in total. The van der Waals surface area contributed by atoms with Crippen LogP contribution in [0.3, 0.4) is 0 Å². The monoisotopic (exact) mass is 633 g/mol. The number of benzene rings is 2. The maximum absolute atomic E-state index is 12.0. The maximum Gasteiger partial charge on any atom is 0.356 e. The lowest BCUT2D eigenvalue weighted by molar-refractivity contribution is -0.436. The third-order valence-electron chi connectivity index (χ3n) is 8.58. The Kier molecular flexibility index (Phi) is 9.59. The van der Waals surface area contributed by atoms with Gasteiger partial charge < -0.3 is 24.9 Å². The Hall–Kier alpha value is -4.04. The van der Waals surface area contributed by atoms with E-state index < -0.39 is 24.9 Å². The first-order valence-electron chi connectivity index (χ1n) is 14.9. The second kappa shape index (κ2) is 12.8. The molecule has 9 nitrogen and oxygen atoms in total. The van der Waals surface area contributed by atoms with Crippen molar-refractivity contribution < 1.29 is 38.7 Å². The van der Waals surface area contributed by atoms with Crippen molar-refractivity contribution in [1.29, 1.82) is 0 Å². The van der Waals surface area contributed by atoms with Crippen LogP contribution in [0.2, 0.25) is 0 Å². The van der Waals surface area contributed by atoms with Crippen molar-refractivity contribution in [1.82, 2.24) is 0 Å². The molecule has 0 saturated heterocycles. The van der Waals surface area contributed by atoms with Gasteiger partial charge in [-0.3, -0.25) is 14.2 Å². The summed E-state index contributed by atoms with van der Waals surface area (Å²) in [5, 5.41) is 18.6. The molecule has 0 spiro atoms. The number of rotatable bonds is 11. The fourth-order valence-corrected chi connectivity index (χ4v) is 6.73. The Morgan fingerprint density at radius 3 is 2.27 bits per heavy atom. The van der Waals surface area contributed by atoms with Crippen LogP contribution in [0.1, 0.15) is 64.2 Å². The Morgan fingerprint density at radius 2 is 1.62 bits per heavy atom. The van der Waals surface area contributed by atoms with Gasteiger partial charge in [0.25, 0.3) is 0 Å². The summed E-state index contributed by atoms with van der Waals surface area (Å²) in [6.07, 6.45) is 11.7. The van der Waals surface area contributed by atoms with E-state index in [2.05, 4.69) is 37.5 Å². The van der Waals surface area contributed by atoms with Crippen molar-refractivity contribution in [2.24, 2.45) is 0 Å². The highest BCUT2D eigenvalue weighted by atomic mass is 31.2. The molecule has 2 aliphatic heterocycles. The molecule has 0 radical (unpaired) electrons. The lowest BCUT2D eigenvalue weighted by Crippen LogP contribution is -2.28. The quantitative estimate of drug-likeness (QED) is 0.137. The first-order chi connectivity index (χ1) is 20.9. The fourth-order valence-electron chi connectivity index (χ4n) is 6.17. The molecule has 45 heavy (non-hydrogen) atoms. The highest BCUT2D eigenvalue weighted by Crippen LogP contribution is 2.49. The van der Waals surface area contributed by atoms with Crippen LogP contribution in [0.5, 0.6) is 0 Å². The summed E-state index contributed by atoms with van der Waals surface area (Å²) in [5.41, 5.74) is 6.67. The van der Waals surface area contributed by atoms with Crippen molar-refractivity contribution in [3.63, 3.8) is 0 Å². The first kappa shape index (κ1) is 33.8. The van der Waals surface area contributed by atoms with Gasteiger partial charge in [0.1, 0.15) is 6.42 Å². The number of aryl methyl sites for hydroxylation is 1. The summed E-state index contributed by atoms with van der Waals surface area (Å²) in [7, 11) is -4.46. The van der Waals surface area contributed by atoms with Gasteiger partial charge in [0.15, 0.2) is 12.3 Å². The predicted molar refractivity (Wildman–Crippen MR) is 177 cm³/mol. The SMILES string of the molecule is CC(/C=C/C=C1/N(CCC(=O)O)c2ccc(P(=O)(O)O)cc2C1(C)C)=C\C=C\C1=[N+](CCC(=O)O)c2ccc(C)cc2C1(C)C. The van der Waals surface area contributed by atoms with E-state index in [9.17, 15) is 34.2 Å². The summed E-state index contributed by atoms with van der Waals surface area (Å²) in [4.78, 5) is 44.2. The normalized spacial score (nSPS) is 18.4. The molecule has 0 aromatic heterocycles. The highest BCUT2D eigenvalue weighted by molar-refractivity contribution is 7.60. The zero-order chi connectivity index (χ0) is 33.3. The summed E-state index contributed by atoms with van der Waals surface area (Å²) in [6, 6.07) is 10.8. The molecule has 0 aliphatic carbocycles. The number of aliphatic carboxylic acids is 2. The number of hydrogen-bond acceptors (Lipinski definition) is 4. The largest absolute Gasteiger partial charge is 0.481 e. The number of carboxylic acids is 2. The summed E-state index contributed by atoms with van der Waals surface area (Å²) in [5.74, 6) is -1.78. The van der Waals surface area contributed by atoms with Crippen molar-refractivity contribution >= 4 is 41.9 Å². The highest BCUT2D eigenvalue weighted by Gasteiger charge is 2.44. The Morgan fingerprint density at radius 1 is 0.933 bits per heavy atom. The average molecular weight is 634 g/mol. The van der Waals surface area contributed by atoms with E-state index in [1.165, 1.54) is 17.7 Å². The molecule has 2 heterocycles. The van der Waals surface area contributed by atoms with Gasteiger partial charge in [-0.2, -0.15) is 4.58 Å². The summed E-state index contributed by atoms with van der Waals surface area (Å²) >= 11 is 0. The number of hydrogen-bond donors (Lipinski definition) is 4. The molecule has 0 atom stereocenters. The summed E-state index contributed by atoms with van der Waals surface area (Å²) in [6.45, 7) is 12.8. The molecule has 2 aromatic carbocycles. The standard InChI is InChI=1S/C35H41N2O7P/c1-23(9-7-11-30-34(3,4)26-21-24(2)13-15-28(26)36(30)19-17-32(38)39)10-8-12-31-35(5,6)27-22-25(45(42,43)44)14-16-29(27)37(31)20-18-33(40)41/h7-16,21-22H,17-20H2,1-6H3,(H3-,38,39,40,41,42,43,44)/p+1. The van der Waals surface area contributed by atoms with E-state index in [-0.39, 0.29) is 30.1 Å². The third kappa shape index (κ3) is 7.12. The van der Waals surface area contributed by atoms with E-state index in [1.807, 2.05) is 68.2 Å². The minimum atomic E-state index is -4.46. The number of carbonyl (C=O) groups is 2. The lowest BCUT2D eigenvalue weighted by Gasteiger charge is -2.26. The number of fused-ring (bicyclic) bond motifs is 2. The van der Waals surface area contributed by atoms with E-state index in [0.29, 0.717) is 6.54 Å². The average Bonchev–Trinajstić information content (AvgIpc) is 3.28. The van der Waals surface area contributed by atoms with E-state index in [4.69, 9.17) is 0 Å². The molecule has 0 bridgehead atoms. The fraction of sp³-hybridized carbons (Fsp3) is 0.343. The molecule has 238 valence electrons. The molecular weight excluding hydrogens is 591 g/mol. The van der Waals surface area contributed by atoms with Crippen molar-refractivity contribution in [3.8, 4) is 0 Å². The molecular formula is C35H42N2O7P+. The second-order valence-electron chi connectivity index (χ2n) is 12.7. The Bertz CT molecular complexity index is 1740. The van der Waals surface area contributed by atoms with Crippen LogP contribution in [0.4, 0.5) is 11.4 Å². The van der Waals surface area contributed by atoms with Crippen LogP contribution in [-0.4, -0.2) is 55.3 Å². The molecule has 0 fully saturated rings. The van der Waals surface area contributed by atoms with Gasteiger partial charge in [0, 0.05) is 41.1 Å². The number of nitrogens with zero attached hydrogens (tertiary/aromatic N) is 2. The Labute approximate surface area is 264 Å². The van der Waals surface area contributed by atoms with Gasteiger partial charge in [0.05, 0.1) is 17.1 Å². The topological polar surface area (TPSA) is 138 Å². The van der Waals surface area contributed by atoms with Crippen LogP contribution in [0.15, 0.2) is 84.1 Å². The number of anilines is 1. The predicted octanol–water partition coefficient (Wildman–Crippen LogP) is 5.86. The van der Waals surface area contributed by atoms with Crippen LogP contribution in [-0.2, 0) is 25.0 Å². The van der Waals surface area contributed by atoms with E-state index in [1.54, 1.807) is 6.07 Å². The van der Waals surface area contributed by atoms with Gasteiger partial charge in [-0.15, -0.1) is 0 Å². The zero-order valence-corrected chi connectivity index (χ0v) is 27.5. The van der Waals surface area contributed by atoms with Crippen molar-refractivity contribution in [2.75, 3.05) is 18.0 Å². The van der Waals surface area contributed by atoms with Crippen LogP contribution >= 0.6 is 7.60 Å². The molecule has 10 heteroatoms. The lowest BCUT2D eigenvalue weighted by atomic mass is 9.81. The van der Waals surface area contributed by atoms with E-state index in [0.717, 1.165) is 39.5 Å². The van der Waals surface area contributed by atoms with Gasteiger partial charge >= 0.3 is 19.5 Å². The molecule has 0 saturated carbocycles. The molecule has 2 aromatic rings. The molecule has 0 amide bonds. The minimum Gasteiger partial charge on any atom is -0.481 e. The smallest absolute Gasteiger partial charge is 0.356 e. The van der Waals surface area contributed by atoms with Crippen LogP contribution < -0.4 is 10.2 Å². The Balaban J connectivity index is 1.63. The minimum absolute atomic E-state index is 0.0251. The van der Waals surface area contributed by atoms with Gasteiger partial charge in [-0.05, 0) is 63.6 Å². The van der Waals surface area contributed by atoms with Gasteiger partial charge in [-0.1, -0.05) is 55.4 Å². The third-order valence-corrected chi connectivity index (χ3v) is 9.53.